The molecule has 11 heteroatoms. The Labute approximate surface area is 193 Å². The molecule has 0 aliphatic heterocycles. The van der Waals surface area contributed by atoms with E-state index in [1.807, 2.05) is 6.07 Å². The summed E-state index contributed by atoms with van der Waals surface area (Å²) in [5.41, 5.74) is 1.18. The maximum atomic E-state index is 12.6. The van der Waals surface area contributed by atoms with Gasteiger partial charge < -0.3 is 5.32 Å². The number of nitrogens with zero attached hydrogens (tertiary/aromatic N) is 3. The van der Waals surface area contributed by atoms with Gasteiger partial charge >= 0.3 is 0 Å². The van der Waals surface area contributed by atoms with E-state index in [9.17, 15) is 13.2 Å². The Balaban J connectivity index is 1.63. The number of halogens is 2. The highest BCUT2D eigenvalue weighted by Crippen LogP contribution is 2.27. The summed E-state index contributed by atoms with van der Waals surface area (Å²) in [6.07, 6.45) is 2.12. The van der Waals surface area contributed by atoms with Gasteiger partial charge in [-0.2, -0.15) is 9.57 Å². The molecule has 1 aromatic heterocycles. The van der Waals surface area contributed by atoms with Gasteiger partial charge in [-0.15, -0.1) is 11.3 Å². The SMILES string of the molecule is CN(CC(=O)Nc1ncc(Cc2cc(Cl)ccc2Cl)s1)S(=O)(=O)c1ccc(C#N)cc1. The van der Waals surface area contributed by atoms with Crippen LogP contribution in [0.3, 0.4) is 0 Å². The molecule has 0 unspecified atom stereocenters. The third-order valence-corrected chi connectivity index (χ3v) is 7.56. The molecule has 0 bridgehead atoms. The van der Waals surface area contributed by atoms with E-state index in [-0.39, 0.29) is 4.90 Å². The summed E-state index contributed by atoms with van der Waals surface area (Å²) in [6.45, 7) is -0.391. The summed E-state index contributed by atoms with van der Waals surface area (Å²) in [5, 5.41) is 12.9. The van der Waals surface area contributed by atoms with Crippen LogP contribution < -0.4 is 5.32 Å². The number of hydrogen-bond donors (Lipinski definition) is 1. The van der Waals surface area contributed by atoms with Crippen LogP contribution in [0, 0.1) is 11.3 Å². The number of anilines is 1. The standard InChI is InChI=1S/C20H16Cl2N4O3S2/c1-26(31(28,29)17-5-2-13(10-23)3-6-17)12-19(27)25-20-24-11-16(30-20)9-14-8-15(21)4-7-18(14)22/h2-8,11H,9,12H2,1H3,(H,24,25,27). The van der Waals surface area contributed by atoms with Crippen LogP contribution in [0.25, 0.3) is 0 Å². The summed E-state index contributed by atoms with van der Waals surface area (Å²) in [7, 11) is -2.57. The maximum absolute atomic E-state index is 12.6. The molecule has 2 aromatic carbocycles. The van der Waals surface area contributed by atoms with Crippen molar-refractivity contribution in [1.82, 2.24) is 9.29 Å². The molecule has 3 rings (SSSR count). The van der Waals surface area contributed by atoms with Gasteiger partial charge in [-0.3, -0.25) is 4.79 Å². The Morgan fingerprint density at radius 3 is 2.61 bits per heavy atom. The van der Waals surface area contributed by atoms with Crippen LogP contribution in [0.15, 0.2) is 53.6 Å². The van der Waals surface area contributed by atoms with E-state index in [4.69, 9.17) is 28.5 Å². The molecule has 0 saturated carbocycles. The lowest BCUT2D eigenvalue weighted by Gasteiger charge is -2.16. The highest BCUT2D eigenvalue weighted by atomic mass is 35.5. The molecule has 160 valence electrons. The van der Waals surface area contributed by atoms with Crippen LogP contribution in [-0.4, -0.2) is 37.2 Å². The fourth-order valence-corrected chi connectivity index (χ4v) is 5.00. The van der Waals surface area contributed by atoms with E-state index in [1.54, 1.807) is 24.4 Å². The number of likely N-dealkylation sites (N-methyl/N-ethyl adjacent to an activating group) is 1. The summed E-state index contributed by atoms with van der Waals surface area (Å²) < 4.78 is 26.2. The third kappa shape index (κ3) is 5.81. The van der Waals surface area contributed by atoms with Crippen molar-refractivity contribution >= 4 is 55.6 Å². The van der Waals surface area contributed by atoms with Crippen molar-refractivity contribution in [3.63, 3.8) is 0 Å². The number of hydrogen-bond acceptors (Lipinski definition) is 6. The second-order valence-corrected chi connectivity index (χ2v) is 10.5. The Kier molecular flexibility index (Phi) is 7.30. The number of nitrogens with one attached hydrogen (secondary N) is 1. The lowest BCUT2D eigenvalue weighted by atomic mass is 10.1. The number of rotatable bonds is 7. The van der Waals surface area contributed by atoms with E-state index in [2.05, 4.69) is 10.3 Å². The molecule has 0 radical (unpaired) electrons. The zero-order valence-corrected chi connectivity index (χ0v) is 19.3. The number of amides is 1. The third-order valence-electron chi connectivity index (χ3n) is 4.23. The summed E-state index contributed by atoms with van der Waals surface area (Å²) in [4.78, 5) is 17.4. The molecule has 0 atom stereocenters. The van der Waals surface area contributed by atoms with E-state index < -0.39 is 22.5 Å². The topological polar surface area (TPSA) is 103 Å². The van der Waals surface area contributed by atoms with E-state index >= 15 is 0 Å². The van der Waals surface area contributed by atoms with E-state index in [0.717, 1.165) is 14.7 Å². The first-order valence-corrected chi connectivity index (χ1v) is 11.9. The quantitative estimate of drug-likeness (QED) is 0.530. The molecule has 1 N–H and O–H groups in total. The lowest BCUT2D eigenvalue weighted by Crippen LogP contribution is -2.34. The summed E-state index contributed by atoms with van der Waals surface area (Å²) in [6, 6.07) is 12.6. The van der Waals surface area contributed by atoms with Gasteiger partial charge in [-0.05, 0) is 48.0 Å². The summed E-state index contributed by atoms with van der Waals surface area (Å²) >= 11 is 13.5. The Bertz CT molecular complexity index is 1250. The van der Waals surface area contributed by atoms with Crippen LogP contribution in [0.5, 0.6) is 0 Å². The molecule has 3 aromatic rings. The van der Waals surface area contributed by atoms with Crippen molar-refractivity contribution < 1.29 is 13.2 Å². The first kappa shape index (κ1) is 23.2. The fraction of sp³-hybridized carbons (Fsp3) is 0.150. The maximum Gasteiger partial charge on any atom is 0.243 e. The van der Waals surface area contributed by atoms with Crippen LogP contribution in [0.2, 0.25) is 10.0 Å². The molecular formula is C20H16Cl2N4O3S2. The van der Waals surface area contributed by atoms with Gasteiger partial charge in [-0.25, -0.2) is 13.4 Å². The Hall–Kier alpha value is -2.48. The molecule has 0 aliphatic rings. The predicted octanol–water partition coefficient (Wildman–Crippen LogP) is 4.17. The van der Waals surface area contributed by atoms with E-state index in [0.29, 0.717) is 27.2 Å². The van der Waals surface area contributed by atoms with E-state index in [1.165, 1.54) is 42.6 Å². The van der Waals surface area contributed by atoms with Gasteiger partial charge in [0, 0.05) is 34.6 Å². The number of benzene rings is 2. The number of thiazole rings is 1. The first-order valence-electron chi connectivity index (χ1n) is 8.84. The van der Waals surface area contributed by atoms with Gasteiger partial charge in [0.15, 0.2) is 5.13 Å². The van der Waals surface area contributed by atoms with Crippen molar-refractivity contribution in [1.29, 1.82) is 5.26 Å². The first-order chi connectivity index (χ1) is 14.7. The smallest absolute Gasteiger partial charge is 0.243 e. The zero-order valence-electron chi connectivity index (χ0n) is 16.2. The second kappa shape index (κ2) is 9.77. The van der Waals surface area contributed by atoms with Gasteiger partial charge in [-0.1, -0.05) is 23.2 Å². The fourth-order valence-electron chi connectivity index (χ4n) is 2.64. The highest BCUT2D eigenvalue weighted by molar-refractivity contribution is 7.89. The zero-order chi connectivity index (χ0) is 22.6. The minimum absolute atomic E-state index is 0.00302. The number of aromatic nitrogens is 1. The molecule has 0 saturated heterocycles. The van der Waals surface area contributed by atoms with Crippen molar-refractivity contribution in [2.75, 3.05) is 18.9 Å². The van der Waals surface area contributed by atoms with Gasteiger partial charge in [0.25, 0.3) is 0 Å². The van der Waals surface area contributed by atoms with Crippen molar-refractivity contribution in [3.05, 3.63) is 74.7 Å². The molecule has 7 nitrogen and oxygen atoms in total. The minimum atomic E-state index is -3.88. The molecule has 31 heavy (non-hydrogen) atoms. The van der Waals surface area contributed by atoms with Crippen LogP contribution in [0.1, 0.15) is 16.0 Å². The lowest BCUT2D eigenvalue weighted by molar-refractivity contribution is -0.116. The molecular weight excluding hydrogens is 479 g/mol. The highest BCUT2D eigenvalue weighted by Gasteiger charge is 2.23. The molecule has 0 fully saturated rings. The van der Waals surface area contributed by atoms with Crippen molar-refractivity contribution in [2.45, 2.75) is 11.3 Å². The largest absolute Gasteiger partial charge is 0.301 e. The van der Waals surface area contributed by atoms with Crippen LogP contribution >= 0.6 is 34.5 Å². The predicted molar refractivity (Wildman–Crippen MR) is 121 cm³/mol. The second-order valence-electron chi connectivity index (χ2n) is 6.49. The minimum Gasteiger partial charge on any atom is -0.301 e. The average molecular weight is 495 g/mol. The molecule has 0 spiro atoms. The number of nitriles is 1. The summed E-state index contributed by atoms with van der Waals surface area (Å²) in [5.74, 6) is -0.526. The van der Waals surface area contributed by atoms with Crippen molar-refractivity contribution in [3.8, 4) is 6.07 Å². The van der Waals surface area contributed by atoms with Crippen LogP contribution in [0.4, 0.5) is 5.13 Å². The molecule has 1 heterocycles. The molecule has 0 aliphatic carbocycles. The number of carbonyl (C=O) groups is 1. The number of sulfonamides is 1. The molecule has 1 amide bonds. The normalized spacial score (nSPS) is 11.3. The van der Waals surface area contributed by atoms with Crippen LogP contribution in [-0.2, 0) is 21.2 Å². The van der Waals surface area contributed by atoms with Gasteiger partial charge in [0.2, 0.25) is 15.9 Å². The monoisotopic (exact) mass is 494 g/mol. The van der Waals surface area contributed by atoms with Gasteiger partial charge in [0.05, 0.1) is 23.1 Å². The Morgan fingerprint density at radius 1 is 1.23 bits per heavy atom. The van der Waals surface area contributed by atoms with Gasteiger partial charge in [0.1, 0.15) is 0 Å². The average Bonchev–Trinajstić information content (AvgIpc) is 3.17. The number of carbonyl (C=O) groups excluding carboxylic acids is 1. The Morgan fingerprint density at radius 2 is 1.94 bits per heavy atom. The van der Waals surface area contributed by atoms with Crippen molar-refractivity contribution in [2.24, 2.45) is 0 Å².